The zero-order valence-corrected chi connectivity index (χ0v) is 9.57. The van der Waals surface area contributed by atoms with Gasteiger partial charge >= 0.3 is 0 Å². The third-order valence-corrected chi connectivity index (χ3v) is 2.45. The second-order valence-corrected chi connectivity index (χ2v) is 3.93. The van der Waals surface area contributed by atoms with Gasteiger partial charge in [-0.15, -0.1) is 0 Å². The van der Waals surface area contributed by atoms with Crippen LogP contribution >= 0.6 is 27.5 Å². The molecule has 0 aliphatic heterocycles. The summed E-state index contributed by atoms with van der Waals surface area (Å²) >= 11 is 9.08. The average Bonchev–Trinajstić information content (AvgIpc) is 2.20. The predicted octanol–water partition coefficient (Wildman–Crippen LogP) is 3.99. The molecule has 2 rings (SSSR count). The van der Waals surface area contributed by atoms with Crippen molar-refractivity contribution in [2.24, 2.45) is 5.11 Å². The predicted molar refractivity (Wildman–Crippen MR) is 61.1 cm³/mol. The van der Waals surface area contributed by atoms with Crippen LogP contribution in [-0.4, -0.2) is 9.97 Å². The SMILES string of the molecule is [N-]=[N+]=Nc1nc2cc(Br)ccc2nc1Cl. The van der Waals surface area contributed by atoms with Gasteiger partial charge in [0.25, 0.3) is 0 Å². The van der Waals surface area contributed by atoms with Gasteiger partial charge < -0.3 is 0 Å². The molecule has 0 aliphatic rings. The van der Waals surface area contributed by atoms with Crippen LogP contribution in [0.3, 0.4) is 0 Å². The van der Waals surface area contributed by atoms with Crippen molar-refractivity contribution in [1.82, 2.24) is 9.97 Å². The van der Waals surface area contributed by atoms with E-state index in [1.54, 1.807) is 12.1 Å². The van der Waals surface area contributed by atoms with Gasteiger partial charge in [0, 0.05) is 9.38 Å². The highest BCUT2D eigenvalue weighted by molar-refractivity contribution is 9.10. The Morgan fingerprint density at radius 1 is 1.33 bits per heavy atom. The number of nitrogens with zero attached hydrogens (tertiary/aromatic N) is 5. The summed E-state index contributed by atoms with van der Waals surface area (Å²) < 4.78 is 0.874. The molecule has 5 nitrogen and oxygen atoms in total. The van der Waals surface area contributed by atoms with Crippen LogP contribution < -0.4 is 0 Å². The van der Waals surface area contributed by atoms with E-state index in [2.05, 4.69) is 35.9 Å². The van der Waals surface area contributed by atoms with Crippen molar-refractivity contribution < 1.29 is 0 Å². The Morgan fingerprint density at radius 3 is 2.87 bits per heavy atom. The summed E-state index contributed by atoms with van der Waals surface area (Å²) in [6.45, 7) is 0. The van der Waals surface area contributed by atoms with E-state index in [1.165, 1.54) is 0 Å². The molecule has 0 N–H and O–H groups in total. The summed E-state index contributed by atoms with van der Waals surface area (Å²) in [6.07, 6.45) is 0. The quantitative estimate of drug-likeness (QED) is 0.451. The Hall–Kier alpha value is -1.36. The molecule has 74 valence electrons. The smallest absolute Gasteiger partial charge is 0.164 e. The molecule has 0 radical (unpaired) electrons. The van der Waals surface area contributed by atoms with Gasteiger partial charge in [0.05, 0.1) is 11.0 Å². The Morgan fingerprint density at radius 2 is 2.13 bits per heavy atom. The molecule has 7 heteroatoms. The second kappa shape index (κ2) is 4.02. The van der Waals surface area contributed by atoms with Crippen LogP contribution in [0.2, 0.25) is 5.15 Å². The van der Waals surface area contributed by atoms with Gasteiger partial charge in [-0.3, -0.25) is 0 Å². The molecule has 0 spiro atoms. The third-order valence-electron chi connectivity index (χ3n) is 1.71. The van der Waals surface area contributed by atoms with Crippen LogP contribution in [0.4, 0.5) is 5.82 Å². The van der Waals surface area contributed by atoms with Crippen LogP contribution in [0.5, 0.6) is 0 Å². The molecule has 0 saturated heterocycles. The molecular weight excluding hydrogens is 281 g/mol. The minimum absolute atomic E-state index is 0.0877. The van der Waals surface area contributed by atoms with E-state index in [9.17, 15) is 0 Å². The number of hydrogen-bond donors (Lipinski definition) is 0. The standard InChI is InChI=1S/C8H3BrClN5/c9-4-1-2-5-6(3-4)13-8(14-15-11)7(10)12-5/h1-3H. The molecule has 0 aliphatic carbocycles. The van der Waals surface area contributed by atoms with Crippen molar-refractivity contribution in [3.63, 3.8) is 0 Å². The molecule has 2 aromatic rings. The molecule has 15 heavy (non-hydrogen) atoms. The number of hydrogen-bond acceptors (Lipinski definition) is 3. The van der Waals surface area contributed by atoms with Crippen LogP contribution in [0.25, 0.3) is 21.5 Å². The van der Waals surface area contributed by atoms with E-state index in [0.717, 1.165) is 4.47 Å². The fraction of sp³-hybridized carbons (Fsp3) is 0. The Balaban J connectivity index is 2.76. The summed E-state index contributed by atoms with van der Waals surface area (Å²) in [6, 6.07) is 5.38. The first-order valence-electron chi connectivity index (χ1n) is 3.88. The van der Waals surface area contributed by atoms with Gasteiger partial charge in [0.1, 0.15) is 0 Å². The van der Waals surface area contributed by atoms with Gasteiger partial charge in [-0.25, -0.2) is 9.97 Å². The molecule has 0 atom stereocenters. The number of azide groups is 1. The molecule has 1 aromatic carbocycles. The molecule has 0 saturated carbocycles. The van der Waals surface area contributed by atoms with Crippen molar-refractivity contribution in [3.8, 4) is 0 Å². The average molecular weight is 285 g/mol. The third kappa shape index (κ3) is 2.02. The highest BCUT2D eigenvalue weighted by atomic mass is 79.9. The largest absolute Gasteiger partial charge is 0.241 e. The van der Waals surface area contributed by atoms with Crippen molar-refractivity contribution in [3.05, 3.63) is 38.3 Å². The lowest BCUT2D eigenvalue weighted by Gasteiger charge is -2.00. The molecular formula is C8H3BrClN5. The topological polar surface area (TPSA) is 74.5 Å². The zero-order valence-electron chi connectivity index (χ0n) is 7.22. The van der Waals surface area contributed by atoms with E-state index < -0.39 is 0 Å². The van der Waals surface area contributed by atoms with Gasteiger partial charge in [-0.2, -0.15) is 0 Å². The van der Waals surface area contributed by atoms with E-state index in [0.29, 0.717) is 11.0 Å². The van der Waals surface area contributed by atoms with Crippen molar-refractivity contribution in [2.45, 2.75) is 0 Å². The molecule has 1 aromatic heterocycles. The molecule has 0 unspecified atom stereocenters. The minimum Gasteiger partial charge on any atom is -0.241 e. The first-order valence-corrected chi connectivity index (χ1v) is 5.05. The molecule has 0 amide bonds. The summed E-state index contributed by atoms with van der Waals surface area (Å²) in [4.78, 5) is 10.8. The number of benzene rings is 1. The summed E-state index contributed by atoms with van der Waals surface area (Å²) in [5.74, 6) is 0.0877. The van der Waals surface area contributed by atoms with Crippen molar-refractivity contribution in [2.75, 3.05) is 0 Å². The lowest BCUT2D eigenvalue weighted by molar-refractivity contribution is 1.24. The lowest BCUT2D eigenvalue weighted by Crippen LogP contribution is -1.85. The first kappa shape index (κ1) is 10.2. The van der Waals surface area contributed by atoms with Crippen LogP contribution in [0.15, 0.2) is 27.8 Å². The monoisotopic (exact) mass is 283 g/mol. The first-order chi connectivity index (χ1) is 7.20. The number of halogens is 2. The lowest BCUT2D eigenvalue weighted by atomic mass is 10.3. The number of rotatable bonds is 1. The molecule has 1 heterocycles. The fourth-order valence-electron chi connectivity index (χ4n) is 1.10. The second-order valence-electron chi connectivity index (χ2n) is 2.66. The molecule has 0 fully saturated rings. The maximum absolute atomic E-state index is 8.29. The highest BCUT2D eigenvalue weighted by Gasteiger charge is 2.04. The van der Waals surface area contributed by atoms with Crippen LogP contribution in [0.1, 0.15) is 0 Å². The normalized spacial score (nSPS) is 10.0. The van der Waals surface area contributed by atoms with Gasteiger partial charge in [0.2, 0.25) is 0 Å². The number of aromatic nitrogens is 2. The van der Waals surface area contributed by atoms with E-state index in [-0.39, 0.29) is 11.0 Å². The van der Waals surface area contributed by atoms with Gasteiger partial charge in [-0.1, -0.05) is 27.5 Å². The summed E-state index contributed by atoms with van der Waals surface area (Å²) in [7, 11) is 0. The van der Waals surface area contributed by atoms with E-state index in [4.69, 9.17) is 17.1 Å². The van der Waals surface area contributed by atoms with Crippen LogP contribution in [0, 0.1) is 0 Å². The summed E-state index contributed by atoms with van der Waals surface area (Å²) in [5.41, 5.74) is 9.57. The van der Waals surface area contributed by atoms with Crippen molar-refractivity contribution in [1.29, 1.82) is 0 Å². The maximum Gasteiger partial charge on any atom is 0.164 e. The van der Waals surface area contributed by atoms with Crippen molar-refractivity contribution >= 4 is 44.4 Å². The Bertz CT molecular complexity index is 578. The Labute approximate surface area is 97.9 Å². The van der Waals surface area contributed by atoms with E-state index >= 15 is 0 Å². The Kier molecular flexibility index (Phi) is 2.73. The highest BCUT2D eigenvalue weighted by Crippen LogP contribution is 2.25. The van der Waals surface area contributed by atoms with Gasteiger partial charge in [0.15, 0.2) is 11.0 Å². The molecule has 0 bridgehead atoms. The maximum atomic E-state index is 8.29. The fourth-order valence-corrected chi connectivity index (χ4v) is 1.62. The van der Waals surface area contributed by atoms with Gasteiger partial charge in [-0.05, 0) is 28.8 Å². The van der Waals surface area contributed by atoms with Crippen LogP contribution in [-0.2, 0) is 0 Å². The number of fused-ring (bicyclic) bond motifs is 1. The minimum atomic E-state index is 0.0877. The summed E-state index contributed by atoms with van der Waals surface area (Å²) in [5, 5.41) is 3.45. The van der Waals surface area contributed by atoms with E-state index in [1.807, 2.05) is 6.07 Å². The zero-order chi connectivity index (χ0) is 10.8.